The molecule has 86 valence electrons. The summed E-state index contributed by atoms with van der Waals surface area (Å²) in [5.74, 6) is 2.17. The van der Waals surface area contributed by atoms with Crippen LogP contribution in [0.2, 0.25) is 5.15 Å². The van der Waals surface area contributed by atoms with Crippen LogP contribution in [0, 0.1) is 11.8 Å². The van der Waals surface area contributed by atoms with Gasteiger partial charge in [-0.15, -0.1) is 0 Å². The van der Waals surface area contributed by atoms with Crippen LogP contribution in [-0.4, -0.2) is 29.1 Å². The zero-order chi connectivity index (χ0) is 11.1. The van der Waals surface area contributed by atoms with Crippen molar-refractivity contribution in [1.29, 1.82) is 0 Å². The summed E-state index contributed by atoms with van der Waals surface area (Å²) in [5, 5.41) is 0.507. The predicted molar refractivity (Wildman–Crippen MR) is 63.4 cm³/mol. The van der Waals surface area contributed by atoms with Gasteiger partial charge in [0.25, 0.3) is 0 Å². The molecule has 2 unspecified atom stereocenters. The van der Waals surface area contributed by atoms with Gasteiger partial charge < -0.3 is 10.6 Å². The molecule has 2 N–H and O–H groups in total. The van der Waals surface area contributed by atoms with Crippen molar-refractivity contribution in [3.05, 3.63) is 17.5 Å². The molecule has 1 saturated carbocycles. The minimum absolute atomic E-state index is 0.383. The standard InChI is InChI=1S/C11H15ClN4/c12-9-3-10(15-6-14-9)16-4-7-1-2-8(5-16)11(7)13/h3,6-8,11H,1-2,4-5,13H2. The fourth-order valence-electron chi connectivity index (χ4n) is 2.95. The number of nitrogens with two attached hydrogens (primary N) is 1. The number of piperidine rings is 1. The first-order valence-electron chi connectivity index (χ1n) is 5.72. The van der Waals surface area contributed by atoms with Crippen molar-refractivity contribution in [2.75, 3.05) is 18.0 Å². The van der Waals surface area contributed by atoms with Gasteiger partial charge in [-0.2, -0.15) is 0 Å². The van der Waals surface area contributed by atoms with Crippen molar-refractivity contribution < 1.29 is 0 Å². The van der Waals surface area contributed by atoms with Crippen molar-refractivity contribution >= 4 is 17.4 Å². The SMILES string of the molecule is NC1C2CCC1CN(c1cc(Cl)ncn1)C2. The maximum atomic E-state index is 6.17. The van der Waals surface area contributed by atoms with Crippen LogP contribution < -0.4 is 10.6 Å². The molecule has 1 aromatic rings. The van der Waals surface area contributed by atoms with Gasteiger partial charge in [0.15, 0.2) is 0 Å². The van der Waals surface area contributed by atoms with E-state index in [-0.39, 0.29) is 0 Å². The maximum Gasteiger partial charge on any atom is 0.134 e. The highest BCUT2D eigenvalue weighted by atomic mass is 35.5. The molecule has 1 aliphatic heterocycles. The lowest BCUT2D eigenvalue weighted by Gasteiger charge is -2.36. The van der Waals surface area contributed by atoms with Crippen molar-refractivity contribution in [1.82, 2.24) is 9.97 Å². The molecule has 4 nitrogen and oxygen atoms in total. The van der Waals surface area contributed by atoms with E-state index in [1.54, 1.807) is 0 Å². The van der Waals surface area contributed by atoms with Crippen LogP contribution >= 0.6 is 11.6 Å². The van der Waals surface area contributed by atoms with Gasteiger partial charge >= 0.3 is 0 Å². The molecule has 1 aliphatic carbocycles. The third-order valence-corrected chi connectivity index (χ3v) is 4.06. The van der Waals surface area contributed by atoms with E-state index in [1.165, 1.54) is 19.2 Å². The smallest absolute Gasteiger partial charge is 0.134 e. The van der Waals surface area contributed by atoms with Gasteiger partial charge in [0.05, 0.1) is 0 Å². The van der Waals surface area contributed by atoms with Crippen LogP contribution in [0.3, 0.4) is 0 Å². The summed E-state index contributed by atoms with van der Waals surface area (Å²) in [6, 6.07) is 2.21. The highest BCUT2D eigenvalue weighted by molar-refractivity contribution is 6.29. The van der Waals surface area contributed by atoms with Crippen LogP contribution in [0.5, 0.6) is 0 Å². The number of rotatable bonds is 1. The number of halogens is 1. The number of hydrogen-bond donors (Lipinski definition) is 1. The Morgan fingerprint density at radius 3 is 2.56 bits per heavy atom. The van der Waals surface area contributed by atoms with E-state index in [4.69, 9.17) is 17.3 Å². The summed E-state index contributed by atoms with van der Waals surface area (Å²) in [5.41, 5.74) is 6.17. The second-order valence-electron chi connectivity index (χ2n) is 4.78. The molecule has 1 saturated heterocycles. The molecule has 1 aromatic heterocycles. The first-order chi connectivity index (χ1) is 7.74. The normalized spacial score (nSPS) is 33.1. The number of hydrogen-bond acceptors (Lipinski definition) is 4. The highest BCUT2D eigenvalue weighted by Crippen LogP contribution is 2.37. The Morgan fingerprint density at radius 1 is 1.25 bits per heavy atom. The molecule has 2 heterocycles. The van der Waals surface area contributed by atoms with Gasteiger partial charge in [0, 0.05) is 25.2 Å². The molecule has 0 amide bonds. The van der Waals surface area contributed by atoms with Crippen molar-refractivity contribution in [3.8, 4) is 0 Å². The van der Waals surface area contributed by atoms with E-state index < -0.39 is 0 Å². The van der Waals surface area contributed by atoms with Crippen molar-refractivity contribution in [2.24, 2.45) is 17.6 Å². The van der Waals surface area contributed by atoms with E-state index in [0.717, 1.165) is 18.9 Å². The van der Waals surface area contributed by atoms with E-state index in [0.29, 0.717) is 23.0 Å². The van der Waals surface area contributed by atoms with Crippen molar-refractivity contribution in [3.63, 3.8) is 0 Å². The van der Waals surface area contributed by atoms with Crippen LogP contribution in [0.25, 0.3) is 0 Å². The monoisotopic (exact) mass is 238 g/mol. The lowest BCUT2D eigenvalue weighted by molar-refractivity contribution is 0.355. The van der Waals surface area contributed by atoms with Crippen LogP contribution in [0.1, 0.15) is 12.8 Å². The molecule has 5 heteroatoms. The summed E-state index contributed by atoms with van der Waals surface area (Å²) in [6.45, 7) is 2.01. The Balaban J connectivity index is 1.83. The van der Waals surface area contributed by atoms with Gasteiger partial charge in [-0.25, -0.2) is 9.97 Å². The van der Waals surface area contributed by atoms with Gasteiger partial charge in [0.1, 0.15) is 17.3 Å². The molecule has 3 rings (SSSR count). The molecule has 2 bridgehead atoms. The van der Waals surface area contributed by atoms with Crippen LogP contribution in [0.4, 0.5) is 5.82 Å². The van der Waals surface area contributed by atoms with Crippen molar-refractivity contribution in [2.45, 2.75) is 18.9 Å². The number of fused-ring (bicyclic) bond motifs is 2. The number of aromatic nitrogens is 2. The Hall–Kier alpha value is -0.870. The molecule has 2 aliphatic rings. The Morgan fingerprint density at radius 2 is 1.94 bits per heavy atom. The third-order valence-electron chi connectivity index (χ3n) is 3.85. The first kappa shape index (κ1) is 10.3. The zero-order valence-electron chi connectivity index (χ0n) is 9.01. The quantitative estimate of drug-likeness (QED) is 0.750. The molecule has 2 atom stereocenters. The van der Waals surface area contributed by atoms with E-state index in [1.807, 2.05) is 6.07 Å². The predicted octanol–water partition coefficient (Wildman–Crippen LogP) is 1.30. The summed E-state index contributed by atoms with van der Waals surface area (Å²) < 4.78 is 0. The molecule has 16 heavy (non-hydrogen) atoms. The minimum Gasteiger partial charge on any atom is -0.356 e. The molecule has 0 aromatic carbocycles. The Labute approximate surface area is 99.8 Å². The summed E-state index contributed by atoms with van der Waals surface area (Å²) >= 11 is 5.88. The number of nitrogens with zero attached hydrogens (tertiary/aromatic N) is 3. The molecular formula is C11H15ClN4. The lowest BCUT2D eigenvalue weighted by atomic mass is 9.93. The fourth-order valence-corrected chi connectivity index (χ4v) is 3.09. The number of anilines is 1. The Kier molecular flexibility index (Phi) is 2.48. The van der Waals surface area contributed by atoms with Gasteiger partial charge in [-0.3, -0.25) is 0 Å². The Bertz CT molecular complexity index is 383. The second kappa shape index (κ2) is 3.86. The molecular weight excluding hydrogens is 224 g/mol. The van der Waals surface area contributed by atoms with Crippen LogP contribution in [0.15, 0.2) is 12.4 Å². The zero-order valence-corrected chi connectivity index (χ0v) is 9.77. The summed E-state index contributed by atoms with van der Waals surface area (Å²) in [4.78, 5) is 10.5. The van der Waals surface area contributed by atoms with Crippen LogP contribution in [-0.2, 0) is 0 Å². The van der Waals surface area contributed by atoms with Gasteiger partial charge in [0.2, 0.25) is 0 Å². The third kappa shape index (κ3) is 1.66. The average Bonchev–Trinajstić information content (AvgIpc) is 2.53. The topological polar surface area (TPSA) is 55.0 Å². The molecule has 0 radical (unpaired) electrons. The molecule has 2 fully saturated rings. The van der Waals surface area contributed by atoms with E-state index in [2.05, 4.69) is 14.9 Å². The maximum absolute atomic E-state index is 6.17. The lowest BCUT2D eigenvalue weighted by Crippen LogP contribution is -2.49. The van der Waals surface area contributed by atoms with Gasteiger partial charge in [-0.05, 0) is 24.7 Å². The van der Waals surface area contributed by atoms with E-state index in [9.17, 15) is 0 Å². The fraction of sp³-hybridized carbons (Fsp3) is 0.636. The first-order valence-corrected chi connectivity index (χ1v) is 6.10. The minimum atomic E-state index is 0.383. The molecule has 0 spiro atoms. The van der Waals surface area contributed by atoms with E-state index >= 15 is 0 Å². The summed E-state index contributed by atoms with van der Waals surface area (Å²) in [6.07, 6.45) is 4.02. The average molecular weight is 239 g/mol. The highest BCUT2D eigenvalue weighted by Gasteiger charge is 2.40. The van der Waals surface area contributed by atoms with Gasteiger partial charge in [-0.1, -0.05) is 11.6 Å². The summed E-state index contributed by atoms with van der Waals surface area (Å²) in [7, 11) is 0. The largest absolute Gasteiger partial charge is 0.356 e. The second-order valence-corrected chi connectivity index (χ2v) is 5.17.